The standard InChI is InChI=1S/C7H9N3O/c1-2-10-4-3-7(9-10)5-8-6-11/h3-4H,2,5H2,1H3. The van der Waals surface area contributed by atoms with Crippen molar-refractivity contribution in [1.82, 2.24) is 9.78 Å². The van der Waals surface area contributed by atoms with Gasteiger partial charge in [0, 0.05) is 12.7 Å². The first-order chi connectivity index (χ1) is 5.36. The molecule has 0 saturated heterocycles. The molecule has 1 rings (SSSR count). The van der Waals surface area contributed by atoms with Gasteiger partial charge in [0.15, 0.2) is 0 Å². The van der Waals surface area contributed by atoms with Gasteiger partial charge < -0.3 is 0 Å². The SMILES string of the molecule is CCn1ccc(CN=C=O)n1. The van der Waals surface area contributed by atoms with Crippen LogP contribution in [0.15, 0.2) is 17.3 Å². The average Bonchev–Trinajstić information content (AvgIpc) is 2.48. The van der Waals surface area contributed by atoms with Gasteiger partial charge in [0.25, 0.3) is 0 Å². The van der Waals surface area contributed by atoms with Crippen LogP contribution in [0.5, 0.6) is 0 Å². The van der Waals surface area contributed by atoms with Gasteiger partial charge in [-0.3, -0.25) is 4.68 Å². The smallest absolute Gasteiger partial charge is 0.235 e. The van der Waals surface area contributed by atoms with Crippen LogP contribution in [0.25, 0.3) is 0 Å². The lowest BCUT2D eigenvalue weighted by molar-refractivity contribution is 0.562. The maximum atomic E-state index is 9.73. The summed E-state index contributed by atoms with van der Waals surface area (Å²) in [5.74, 6) is 0. The Kier molecular flexibility index (Phi) is 2.58. The number of aliphatic imine (C=N–C) groups is 1. The van der Waals surface area contributed by atoms with E-state index in [1.54, 1.807) is 4.68 Å². The summed E-state index contributed by atoms with van der Waals surface area (Å²) in [5.41, 5.74) is 0.801. The van der Waals surface area contributed by atoms with E-state index in [0.29, 0.717) is 6.54 Å². The first-order valence-corrected chi connectivity index (χ1v) is 3.42. The first kappa shape index (κ1) is 7.69. The lowest BCUT2D eigenvalue weighted by Crippen LogP contribution is -1.94. The largest absolute Gasteiger partial charge is 0.273 e. The summed E-state index contributed by atoms with van der Waals surface area (Å²) in [7, 11) is 0. The Morgan fingerprint density at radius 3 is 3.18 bits per heavy atom. The number of rotatable bonds is 3. The Balaban J connectivity index is 2.64. The molecule has 0 aliphatic carbocycles. The van der Waals surface area contributed by atoms with Crippen LogP contribution in [0, 0.1) is 0 Å². The molecule has 0 bridgehead atoms. The van der Waals surface area contributed by atoms with Gasteiger partial charge in [-0.1, -0.05) is 0 Å². The third-order valence-electron chi connectivity index (χ3n) is 1.33. The van der Waals surface area contributed by atoms with E-state index >= 15 is 0 Å². The van der Waals surface area contributed by atoms with Crippen LogP contribution < -0.4 is 0 Å². The number of aryl methyl sites for hydroxylation is 1. The van der Waals surface area contributed by atoms with Crippen molar-refractivity contribution in [3.05, 3.63) is 18.0 Å². The molecule has 1 aromatic rings. The molecule has 0 fully saturated rings. The minimum Gasteiger partial charge on any atom is -0.273 e. The summed E-state index contributed by atoms with van der Waals surface area (Å²) in [4.78, 5) is 13.1. The van der Waals surface area contributed by atoms with E-state index in [4.69, 9.17) is 0 Å². The molecular formula is C7H9N3O. The molecule has 0 unspecified atom stereocenters. The van der Waals surface area contributed by atoms with E-state index in [1.807, 2.05) is 19.2 Å². The summed E-state index contributed by atoms with van der Waals surface area (Å²) >= 11 is 0. The molecule has 0 amide bonds. The molecule has 1 aromatic heterocycles. The molecule has 0 aromatic carbocycles. The summed E-state index contributed by atoms with van der Waals surface area (Å²) in [6.45, 7) is 3.17. The van der Waals surface area contributed by atoms with Crippen LogP contribution in [0.3, 0.4) is 0 Å². The highest BCUT2D eigenvalue weighted by molar-refractivity contribution is 5.33. The molecule has 0 aliphatic rings. The zero-order valence-electron chi connectivity index (χ0n) is 6.32. The summed E-state index contributed by atoms with van der Waals surface area (Å²) in [5, 5.41) is 4.11. The number of hydrogen-bond donors (Lipinski definition) is 0. The number of nitrogens with zero attached hydrogens (tertiary/aromatic N) is 3. The van der Waals surface area contributed by atoms with Gasteiger partial charge in [0.1, 0.15) is 0 Å². The van der Waals surface area contributed by atoms with E-state index in [0.717, 1.165) is 12.2 Å². The minimum atomic E-state index is 0.330. The molecule has 0 N–H and O–H groups in total. The third kappa shape index (κ3) is 2.02. The Morgan fingerprint density at radius 1 is 1.82 bits per heavy atom. The molecular weight excluding hydrogens is 142 g/mol. The monoisotopic (exact) mass is 151 g/mol. The Morgan fingerprint density at radius 2 is 2.64 bits per heavy atom. The minimum absolute atomic E-state index is 0.330. The molecule has 0 radical (unpaired) electrons. The Bertz CT molecular complexity index is 273. The van der Waals surface area contributed by atoms with Crippen molar-refractivity contribution in [1.29, 1.82) is 0 Å². The fourth-order valence-electron chi connectivity index (χ4n) is 0.777. The van der Waals surface area contributed by atoms with Crippen molar-refractivity contribution < 1.29 is 4.79 Å². The van der Waals surface area contributed by atoms with Crippen molar-refractivity contribution in [2.45, 2.75) is 20.0 Å². The van der Waals surface area contributed by atoms with E-state index in [9.17, 15) is 4.79 Å². The predicted octanol–water partition coefficient (Wildman–Crippen LogP) is 0.739. The first-order valence-electron chi connectivity index (χ1n) is 3.42. The van der Waals surface area contributed by atoms with Crippen molar-refractivity contribution in [2.24, 2.45) is 4.99 Å². The average molecular weight is 151 g/mol. The van der Waals surface area contributed by atoms with E-state index in [1.165, 1.54) is 6.08 Å². The molecule has 4 heteroatoms. The molecule has 4 nitrogen and oxygen atoms in total. The lowest BCUT2D eigenvalue weighted by Gasteiger charge is -1.90. The Labute approximate surface area is 64.6 Å². The van der Waals surface area contributed by atoms with Crippen LogP contribution in [-0.4, -0.2) is 15.9 Å². The second-order valence-electron chi connectivity index (χ2n) is 2.07. The van der Waals surface area contributed by atoms with E-state index in [2.05, 4.69) is 10.1 Å². The zero-order chi connectivity index (χ0) is 8.10. The van der Waals surface area contributed by atoms with Gasteiger partial charge in [0.2, 0.25) is 6.08 Å². The van der Waals surface area contributed by atoms with Gasteiger partial charge in [-0.15, -0.1) is 0 Å². The lowest BCUT2D eigenvalue weighted by atomic mass is 10.4. The second kappa shape index (κ2) is 3.68. The van der Waals surface area contributed by atoms with Crippen LogP contribution in [-0.2, 0) is 17.9 Å². The van der Waals surface area contributed by atoms with Gasteiger partial charge in [-0.05, 0) is 13.0 Å². The maximum Gasteiger partial charge on any atom is 0.235 e. The van der Waals surface area contributed by atoms with Crippen molar-refractivity contribution >= 4 is 6.08 Å². The number of carbonyl (C=O) groups excluding carboxylic acids is 1. The highest BCUT2D eigenvalue weighted by atomic mass is 16.1. The fourth-order valence-corrected chi connectivity index (χ4v) is 0.777. The predicted molar refractivity (Wildman–Crippen MR) is 39.7 cm³/mol. The van der Waals surface area contributed by atoms with E-state index < -0.39 is 0 Å². The van der Waals surface area contributed by atoms with Gasteiger partial charge in [-0.25, -0.2) is 4.79 Å². The second-order valence-corrected chi connectivity index (χ2v) is 2.07. The van der Waals surface area contributed by atoms with Crippen molar-refractivity contribution in [3.8, 4) is 0 Å². The normalized spacial score (nSPS) is 9.18. The van der Waals surface area contributed by atoms with Crippen molar-refractivity contribution in [2.75, 3.05) is 0 Å². The quantitative estimate of drug-likeness (QED) is 0.472. The fraction of sp³-hybridized carbons (Fsp3) is 0.429. The molecule has 11 heavy (non-hydrogen) atoms. The molecule has 0 spiro atoms. The van der Waals surface area contributed by atoms with Crippen LogP contribution in [0.4, 0.5) is 0 Å². The van der Waals surface area contributed by atoms with Gasteiger partial charge >= 0.3 is 0 Å². The van der Waals surface area contributed by atoms with E-state index in [-0.39, 0.29) is 0 Å². The molecule has 0 atom stereocenters. The van der Waals surface area contributed by atoms with Gasteiger partial charge in [0.05, 0.1) is 12.2 Å². The summed E-state index contributed by atoms with van der Waals surface area (Å²) < 4.78 is 1.79. The highest BCUT2D eigenvalue weighted by Crippen LogP contribution is 1.96. The number of aromatic nitrogens is 2. The topological polar surface area (TPSA) is 47.2 Å². The molecule has 0 saturated carbocycles. The van der Waals surface area contributed by atoms with Gasteiger partial charge in [-0.2, -0.15) is 10.1 Å². The number of hydrogen-bond acceptors (Lipinski definition) is 3. The molecule has 0 aliphatic heterocycles. The summed E-state index contributed by atoms with van der Waals surface area (Å²) in [6.07, 6.45) is 3.33. The molecule has 58 valence electrons. The molecule has 1 heterocycles. The van der Waals surface area contributed by atoms with Crippen LogP contribution >= 0.6 is 0 Å². The van der Waals surface area contributed by atoms with Crippen molar-refractivity contribution in [3.63, 3.8) is 0 Å². The summed E-state index contributed by atoms with van der Waals surface area (Å²) in [6, 6.07) is 1.84. The number of isocyanates is 1. The van der Waals surface area contributed by atoms with Crippen LogP contribution in [0.1, 0.15) is 12.6 Å². The Hall–Kier alpha value is -1.41. The zero-order valence-corrected chi connectivity index (χ0v) is 6.32. The third-order valence-corrected chi connectivity index (χ3v) is 1.33. The highest BCUT2D eigenvalue weighted by Gasteiger charge is 1.94. The van der Waals surface area contributed by atoms with Crippen LogP contribution in [0.2, 0.25) is 0 Å². The maximum absolute atomic E-state index is 9.73.